The number of imidazole rings is 1. The Hall–Kier alpha value is -2.69. The van der Waals surface area contributed by atoms with E-state index in [1.54, 1.807) is 24.9 Å². The summed E-state index contributed by atoms with van der Waals surface area (Å²) in [6, 6.07) is 10.1. The van der Waals surface area contributed by atoms with Crippen LogP contribution in [0.25, 0.3) is 5.69 Å². The molecule has 8 nitrogen and oxygen atoms in total. The number of anilines is 1. The fourth-order valence-corrected chi connectivity index (χ4v) is 3.09. The number of benzene rings is 1. The fourth-order valence-electron chi connectivity index (χ4n) is 3.09. The Labute approximate surface area is 181 Å². The van der Waals surface area contributed by atoms with Gasteiger partial charge in [0.1, 0.15) is 0 Å². The van der Waals surface area contributed by atoms with E-state index in [9.17, 15) is 0 Å². The molecule has 2 N–H and O–H groups in total. The molecule has 3 heterocycles. The molecule has 0 amide bonds. The van der Waals surface area contributed by atoms with E-state index in [0.717, 1.165) is 43.4 Å². The molecular formula is C19H23IN8. The van der Waals surface area contributed by atoms with Crippen LogP contribution >= 0.6 is 24.0 Å². The van der Waals surface area contributed by atoms with E-state index in [1.165, 1.54) is 0 Å². The molecule has 0 atom stereocenters. The second-order valence-electron chi connectivity index (χ2n) is 6.34. The Morgan fingerprint density at radius 3 is 2.54 bits per heavy atom. The molecule has 2 aromatic heterocycles. The summed E-state index contributed by atoms with van der Waals surface area (Å²) in [6.45, 7) is 3.83. The molecule has 146 valence electrons. The van der Waals surface area contributed by atoms with E-state index >= 15 is 0 Å². The van der Waals surface area contributed by atoms with Gasteiger partial charge in [-0.25, -0.2) is 19.9 Å². The van der Waals surface area contributed by atoms with Gasteiger partial charge in [-0.3, -0.25) is 0 Å². The third kappa shape index (κ3) is 4.77. The number of halogens is 1. The van der Waals surface area contributed by atoms with Crippen LogP contribution in [-0.4, -0.2) is 56.6 Å². The van der Waals surface area contributed by atoms with E-state index < -0.39 is 0 Å². The quantitative estimate of drug-likeness (QED) is 0.342. The molecular weight excluding hydrogens is 467 g/mol. The van der Waals surface area contributed by atoms with Crippen LogP contribution < -0.4 is 10.6 Å². The van der Waals surface area contributed by atoms with E-state index in [1.807, 2.05) is 29.0 Å². The monoisotopic (exact) mass is 490 g/mol. The van der Waals surface area contributed by atoms with Gasteiger partial charge in [-0.15, -0.1) is 24.0 Å². The maximum absolute atomic E-state index is 6.22. The molecule has 4 rings (SSSR count). The van der Waals surface area contributed by atoms with Crippen molar-refractivity contribution < 1.29 is 0 Å². The van der Waals surface area contributed by atoms with Gasteiger partial charge in [-0.1, -0.05) is 12.1 Å². The maximum Gasteiger partial charge on any atom is 0.225 e. The first kappa shape index (κ1) is 20.1. The lowest BCUT2D eigenvalue weighted by Crippen LogP contribution is -2.51. The van der Waals surface area contributed by atoms with Gasteiger partial charge < -0.3 is 20.1 Å². The van der Waals surface area contributed by atoms with E-state index in [-0.39, 0.29) is 24.0 Å². The number of guanidine groups is 1. The number of hydrogen-bond donors (Lipinski definition) is 1. The molecule has 1 fully saturated rings. The molecule has 0 spiro atoms. The van der Waals surface area contributed by atoms with Crippen LogP contribution in [-0.2, 0) is 6.54 Å². The number of piperazine rings is 1. The topological polar surface area (TPSA) is 88.5 Å². The number of nitrogens with zero attached hydrogens (tertiary/aromatic N) is 7. The van der Waals surface area contributed by atoms with Gasteiger partial charge in [0.15, 0.2) is 5.96 Å². The van der Waals surface area contributed by atoms with E-state index in [4.69, 9.17) is 5.73 Å². The number of rotatable bonds is 4. The highest BCUT2D eigenvalue weighted by Crippen LogP contribution is 2.12. The number of aromatic nitrogens is 4. The molecule has 0 bridgehead atoms. The van der Waals surface area contributed by atoms with Crippen LogP contribution in [0.1, 0.15) is 5.56 Å². The van der Waals surface area contributed by atoms with Crippen molar-refractivity contribution in [1.82, 2.24) is 24.4 Å². The summed E-state index contributed by atoms with van der Waals surface area (Å²) in [5.41, 5.74) is 8.40. The zero-order valence-corrected chi connectivity index (χ0v) is 17.8. The standard InChI is InChI=1S/C19H22N8.HI/c20-18(25-9-11-26(12-10-25)19-22-5-2-6-23-19)24-14-16-3-1-4-17(13-16)27-8-7-21-15-27;/h1-8,13,15H,9-12,14H2,(H2,20,24);1H. The van der Waals surface area contributed by atoms with Crippen molar-refractivity contribution in [2.24, 2.45) is 10.7 Å². The first-order valence-corrected chi connectivity index (χ1v) is 8.94. The average Bonchev–Trinajstić information content (AvgIpc) is 3.28. The summed E-state index contributed by atoms with van der Waals surface area (Å²) in [5, 5.41) is 0. The highest BCUT2D eigenvalue weighted by atomic mass is 127. The molecule has 0 radical (unpaired) electrons. The third-order valence-corrected chi connectivity index (χ3v) is 4.58. The van der Waals surface area contributed by atoms with Crippen LogP contribution in [0.3, 0.4) is 0 Å². The third-order valence-electron chi connectivity index (χ3n) is 4.58. The van der Waals surface area contributed by atoms with E-state index in [2.05, 4.69) is 41.9 Å². The Kier molecular flexibility index (Phi) is 6.80. The number of aliphatic imine (C=N–C) groups is 1. The minimum absolute atomic E-state index is 0. The Morgan fingerprint density at radius 2 is 1.82 bits per heavy atom. The molecule has 0 aliphatic carbocycles. The van der Waals surface area contributed by atoms with Crippen molar-refractivity contribution in [2.45, 2.75) is 6.54 Å². The fraction of sp³-hybridized carbons (Fsp3) is 0.263. The Morgan fingerprint density at radius 1 is 1.04 bits per heavy atom. The second kappa shape index (κ2) is 9.49. The molecule has 1 aromatic carbocycles. The lowest BCUT2D eigenvalue weighted by molar-refractivity contribution is 0.378. The van der Waals surface area contributed by atoms with Gasteiger partial charge in [0.05, 0.1) is 12.9 Å². The molecule has 1 aliphatic heterocycles. The first-order valence-electron chi connectivity index (χ1n) is 8.94. The second-order valence-corrected chi connectivity index (χ2v) is 6.34. The van der Waals surface area contributed by atoms with Crippen molar-refractivity contribution in [3.63, 3.8) is 0 Å². The molecule has 1 saturated heterocycles. The zero-order chi connectivity index (χ0) is 18.5. The molecule has 1 aliphatic rings. The lowest BCUT2D eigenvalue weighted by Gasteiger charge is -2.35. The molecule has 3 aromatic rings. The average molecular weight is 490 g/mol. The Bertz CT molecular complexity index is 889. The smallest absolute Gasteiger partial charge is 0.225 e. The maximum atomic E-state index is 6.22. The van der Waals surface area contributed by atoms with Gasteiger partial charge in [0.2, 0.25) is 5.95 Å². The van der Waals surface area contributed by atoms with Crippen LogP contribution in [0.15, 0.2) is 66.4 Å². The van der Waals surface area contributed by atoms with Crippen LogP contribution in [0.4, 0.5) is 5.95 Å². The summed E-state index contributed by atoms with van der Waals surface area (Å²) in [5.74, 6) is 1.35. The van der Waals surface area contributed by atoms with Crippen molar-refractivity contribution in [1.29, 1.82) is 0 Å². The van der Waals surface area contributed by atoms with Crippen molar-refractivity contribution in [3.8, 4) is 5.69 Å². The molecule has 0 saturated carbocycles. The van der Waals surface area contributed by atoms with Gasteiger partial charge in [0.25, 0.3) is 0 Å². The predicted octanol–water partition coefficient (Wildman–Crippen LogP) is 1.92. The highest BCUT2D eigenvalue weighted by Gasteiger charge is 2.19. The molecule has 9 heteroatoms. The summed E-state index contributed by atoms with van der Waals surface area (Å²) >= 11 is 0. The van der Waals surface area contributed by atoms with E-state index in [0.29, 0.717) is 12.5 Å². The van der Waals surface area contributed by atoms with Crippen LogP contribution in [0.5, 0.6) is 0 Å². The summed E-state index contributed by atoms with van der Waals surface area (Å²) in [7, 11) is 0. The lowest BCUT2D eigenvalue weighted by atomic mass is 10.2. The van der Waals surface area contributed by atoms with Gasteiger partial charge >= 0.3 is 0 Å². The normalized spacial score (nSPS) is 14.6. The summed E-state index contributed by atoms with van der Waals surface area (Å²) in [4.78, 5) is 21.6. The van der Waals surface area contributed by atoms with Gasteiger partial charge in [0, 0.05) is 56.7 Å². The Balaban J connectivity index is 0.00000225. The number of nitrogens with two attached hydrogens (primary N) is 1. The largest absolute Gasteiger partial charge is 0.370 e. The minimum atomic E-state index is 0. The SMILES string of the molecule is I.NC(=NCc1cccc(-n2ccnc2)c1)N1CCN(c2ncccn2)CC1. The molecule has 28 heavy (non-hydrogen) atoms. The minimum Gasteiger partial charge on any atom is -0.370 e. The summed E-state index contributed by atoms with van der Waals surface area (Å²) < 4.78 is 1.97. The van der Waals surface area contributed by atoms with Crippen LogP contribution in [0.2, 0.25) is 0 Å². The zero-order valence-electron chi connectivity index (χ0n) is 15.4. The van der Waals surface area contributed by atoms with Gasteiger partial charge in [-0.2, -0.15) is 0 Å². The number of hydrogen-bond acceptors (Lipinski definition) is 5. The van der Waals surface area contributed by atoms with Crippen molar-refractivity contribution >= 4 is 35.9 Å². The first-order chi connectivity index (χ1) is 13.3. The summed E-state index contributed by atoms with van der Waals surface area (Å²) in [6.07, 6.45) is 9.01. The highest BCUT2D eigenvalue weighted by molar-refractivity contribution is 14.0. The van der Waals surface area contributed by atoms with Gasteiger partial charge in [-0.05, 0) is 23.8 Å². The van der Waals surface area contributed by atoms with Crippen molar-refractivity contribution in [3.05, 3.63) is 67.0 Å². The van der Waals surface area contributed by atoms with Crippen LogP contribution in [0, 0.1) is 0 Å². The molecule has 0 unspecified atom stereocenters. The predicted molar refractivity (Wildman–Crippen MR) is 120 cm³/mol. The van der Waals surface area contributed by atoms with Crippen molar-refractivity contribution in [2.75, 3.05) is 31.1 Å².